The molecule has 2 aliphatic rings. The van der Waals surface area contributed by atoms with Crippen LogP contribution in [-0.2, 0) is 6.42 Å². The topological polar surface area (TPSA) is 73.6 Å². The van der Waals surface area contributed by atoms with Gasteiger partial charge >= 0.3 is 0 Å². The summed E-state index contributed by atoms with van der Waals surface area (Å²) < 4.78 is 13.1. The molecule has 0 atom stereocenters. The van der Waals surface area contributed by atoms with Crippen molar-refractivity contribution in [1.82, 2.24) is 19.9 Å². The molecule has 0 unspecified atom stereocenters. The number of pyridine rings is 1. The quantitative estimate of drug-likeness (QED) is 0.345. The number of aromatic nitrogens is 3. The van der Waals surface area contributed by atoms with E-state index in [1.165, 1.54) is 0 Å². The summed E-state index contributed by atoms with van der Waals surface area (Å²) in [5.74, 6) is 2.60. The van der Waals surface area contributed by atoms with Crippen molar-refractivity contribution in [3.63, 3.8) is 0 Å². The maximum atomic E-state index is 6.72. The third kappa shape index (κ3) is 3.63. The second kappa shape index (κ2) is 8.53. The zero-order valence-electron chi connectivity index (χ0n) is 19.4. The van der Waals surface area contributed by atoms with Gasteiger partial charge in [-0.2, -0.15) is 0 Å². The number of halogens is 1. The molecule has 0 bridgehead atoms. The number of aliphatic imine (C=N–C) groups is 1. The van der Waals surface area contributed by atoms with E-state index in [4.69, 9.17) is 21.1 Å². The molecule has 0 radical (unpaired) electrons. The molecular weight excluding hydrogens is 474 g/mol. The highest BCUT2D eigenvalue weighted by Gasteiger charge is 2.16. The fourth-order valence-electron chi connectivity index (χ4n) is 4.90. The molecule has 2 aromatic heterocycles. The molecule has 0 spiro atoms. The first-order chi connectivity index (χ1) is 17.7. The van der Waals surface area contributed by atoms with Crippen molar-refractivity contribution < 1.29 is 9.47 Å². The second-order valence-corrected chi connectivity index (χ2v) is 9.34. The van der Waals surface area contributed by atoms with Gasteiger partial charge in [-0.3, -0.25) is 14.5 Å². The predicted molar refractivity (Wildman–Crippen MR) is 142 cm³/mol. The van der Waals surface area contributed by atoms with Crippen molar-refractivity contribution in [1.29, 1.82) is 0 Å². The standard InChI is InChI=1S/C28H22ClN5O2/c29-22-13-20(5-1-17(22)4-8-27-30-9-10-31-27)34-15-33-24-14-32-23-6-2-18(11-21(23)28(24)34)19-3-7-25-26(12-19)36-16-35-25/h1-3,5-7,11-15H,4,8-10,16H2,(H,30,31). The largest absolute Gasteiger partial charge is 0.454 e. The number of amidine groups is 1. The normalized spacial score (nSPS) is 14.4. The van der Waals surface area contributed by atoms with Gasteiger partial charge in [-0.25, -0.2) is 4.98 Å². The first kappa shape index (κ1) is 21.2. The average molecular weight is 496 g/mol. The molecule has 0 fully saturated rings. The maximum Gasteiger partial charge on any atom is 0.231 e. The summed E-state index contributed by atoms with van der Waals surface area (Å²) in [5.41, 5.74) is 6.92. The van der Waals surface area contributed by atoms with Gasteiger partial charge in [-0.1, -0.05) is 29.8 Å². The molecule has 5 aromatic rings. The molecule has 2 aliphatic heterocycles. The summed E-state index contributed by atoms with van der Waals surface area (Å²) in [4.78, 5) is 13.8. The van der Waals surface area contributed by atoms with Crippen molar-refractivity contribution in [2.24, 2.45) is 4.99 Å². The van der Waals surface area contributed by atoms with Crippen LogP contribution in [0.5, 0.6) is 11.5 Å². The summed E-state index contributed by atoms with van der Waals surface area (Å²) in [5, 5.41) is 5.08. The number of ether oxygens (including phenoxy) is 2. The SMILES string of the molecule is Clc1cc(-n2cnc3cnc4ccc(-c5ccc6c(c5)OCO6)cc4c32)ccc1CCC1=NCCN1. The molecular formula is C28H22ClN5O2. The molecule has 0 aliphatic carbocycles. The molecule has 1 N–H and O–H groups in total. The number of benzene rings is 3. The van der Waals surface area contributed by atoms with Crippen LogP contribution in [0.25, 0.3) is 38.8 Å². The maximum absolute atomic E-state index is 6.72. The van der Waals surface area contributed by atoms with E-state index in [1.807, 2.05) is 42.9 Å². The van der Waals surface area contributed by atoms with Gasteiger partial charge in [-0.15, -0.1) is 0 Å². The highest BCUT2D eigenvalue weighted by atomic mass is 35.5. The fraction of sp³-hybridized carbons (Fsp3) is 0.179. The van der Waals surface area contributed by atoms with Crippen LogP contribution in [0.15, 0.2) is 72.1 Å². The van der Waals surface area contributed by atoms with Crippen molar-refractivity contribution in [2.45, 2.75) is 12.8 Å². The van der Waals surface area contributed by atoms with Crippen molar-refractivity contribution >= 4 is 39.4 Å². The number of fused-ring (bicyclic) bond motifs is 4. The number of aryl methyl sites for hydroxylation is 1. The molecule has 7 nitrogen and oxygen atoms in total. The summed E-state index contributed by atoms with van der Waals surface area (Å²) in [6.07, 6.45) is 5.37. The molecule has 8 heteroatoms. The Morgan fingerprint density at radius 1 is 0.889 bits per heavy atom. The lowest BCUT2D eigenvalue weighted by atomic mass is 10.0. The van der Waals surface area contributed by atoms with Crippen molar-refractivity contribution in [3.8, 4) is 28.3 Å². The minimum atomic E-state index is 0.257. The number of nitrogens with zero attached hydrogens (tertiary/aromatic N) is 4. The van der Waals surface area contributed by atoms with Gasteiger partial charge in [-0.05, 0) is 59.5 Å². The molecule has 0 amide bonds. The molecule has 3 aromatic carbocycles. The van der Waals surface area contributed by atoms with Gasteiger partial charge in [0.25, 0.3) is 0 Å². The molecule has 0 saturated heterocycles. The number of nitrogens with one attached hydrogen (secondary N) is 1. The van der Waals surface area contributed by atoms with Gasteiger partial charge in [0.05, 0.1) is 29.6 Å². The summed E-state index contributed by atoms with van der Waals surface area (Å²) in [6.45, 7) is 2.04. The fourth-order valence-corrected chi connectivity index (χ4v) is 5.17. The summed E-state index contributed by atoms with van der Waals surface area (Å²) in [6, 6.07) is 18.5. The minimum Gasteiger partial charge on any atom is -0.454 e. The first-order valence-electron chi connectivity index (χ1n) is 11.9. The Hall–Kier alpha value is -4.10. The van der Waals surface area contributed by atoms with E-state index in [1.54, 1.807) is 0 Å². The molecule has 4 heterocycles. The zero-order chi connectivity index (χ0) is 24.1. The molecule has 178 valence electrons. The van der Waals surface area contributed by atoms with Crippen LogP contribution in [0, 0.1) is 0 Å². The van der Waals surface area contributed by atoms with E-state index in [9.17, 15) is 0 Å². The van der Waals surface area contributed by atoms with E-state index >= 15 is 0 Å². The lowest BCUT2D eigenvalue weighted by molar-refractivity contribution is 0.174. The van der Waals surface area contributed by atoms with E-state index in [0.717, 1.165) is 92.6 Å². The highest BCUT2D eigenvalue weighted by Crippen LogP contribution is 2.37. The average Bonchev–Trinajstić information content (AvgIpc) is 3.68. The van der Waals surface area contributed by atoms with Crippen LogP contribution in [-0.4, -0.2) is 40.3 Å². The highest BCUT2D eigenvalue weighted by molar-refractivity contribution is 6.31. The Morgan fingerprint density at radius 2 is 1.78 bits per heavy atom. The monoisotopic (exact) mass is 495 g/mol. The van der Waals surface area contributed by atoms with E-state index < -0.39 is 0 Å². The minimum absolute atomic E-state index is 0.257. The van der Waals surface area contributed by atoms with Gasteiger partial charge in [0.15, 0.2) is 11.5 Å². The second-order valence-electron chi connectivity index (χ2n) is 8.94. The van der Waals surface area contributed by atoms with Crippen LogP contribution in [0.2, 0.25) is 5.02 Å². The van der Waals surface area contributed by atoms with Crippen LogP contribution < -0.4 is 14.8 Å². The third-order valence-electron chi connectivity index (χ3n) is 6.77. The summed E-state index contributed by atoms with van der Waals surface area (Å²) in [7, 11) is 0. The third-order valence-corrected chi connectivity index (χ3v) is 7.12. The van der Waals surface area contributed by atoms with E-state index in [0.29, 0.717) is 0 Å². The first-order valence-corrected chi connectivity index (χ1v) is 12.3. The van der Waals surface area contributed by atoms with E-state index in [-0.39, 0.29) is 6.79 Å². The predicted octanol–water partition coefficient (Wildman–Crippen LogP) is 5.56. The Labute approximate surface area is 212 Å². The lowest BCUT2D eigenvalue weighted by Gasteiger charge is -2.11. The van der Waals surface area contributed by atoms with Crippen LogP contribution in [0.1, 0.15) is 12.0 Å². The van der Waals surface area contributed by atoms with E-state index in [2.05, 4.69) is 49.1 Å². The van der Waals surface area contributed by atoms with Gasteiger partial charge < -0.3 is 14.8 Å². The van der Waals surface area contributed by atoms with Crippen LogP contribution in [0.3, 0.4) is 0 Å². The van der Waals surface area contributed by atoms with Crippen LogP contribution in [0.4, 0.5) is 0 Å². The molecule has 0 saturated carbocycles. The molecule has 36 heavy (non-hydrogen) atoms. The summed E-state index contributed by atoms with van der Waals surface area (Å²) >= 11 is 6.72. The number of hydrogen-bond acceptors (Lipinski definition) is 6. The van der Waals surface area contributed by atoms with Gasteiger partial charge in [0, 0.05) is 29.1 Å². The van der Waals surface area contributed by atoms with Crippen molar-refractivity contribution in [2.75, 3.05) is 19.9 Å². The Morgan fingerprint density at radius 3 is 2.67 bits per heavy atom. The molecule has 7 rings (SSSR count). The Balaban J connectivity index is 1.29. The zero-order valence-corrected chi connectivity index (χ0v) is 20.1. The lowest BCUT2D eigenvalue weighted by Crippen LogP contribution is -2.18. The smallest absolute Gasteiger partial charge is 0.231 e. The van der Waals surface area contributed by atoms with Gasteiger partial charge in [0.2, 0.25) is 6.79 Å². The number of hydrogen-bond donors (Lipinski definition) is 1. The number of imidazole rings is 1. The Kier molecular flexibility index (Phi) is 5.03. The Bertz CT molecular complexity index is 1680. The number of rotatable bonds is 5. The van der Waals surface area contributed by atoms with Crippen molar-refractivity contribution in [3.05, 3.63) is 77.7 Å². The van der Waals surface area contributed by atoms with Gasteiger partial charge in [0.1, 0.15) is 11.8 Å². The van der Waals surface area contributed by atoms with Crippen LogP contribution >= 0.6 is 11.6 Å².